The van der Waals surface area contributed by atoms with Gasteiger partial charge in [0.05, 0.1) is 5.56 Å². The second-order valence-corrected chi connectivity index (χ2v) is 6.39. The highest BCUT2D eigenvalue weighted by molar-refractivity contribution is 6.07. The molecule has 0 saturated heterocycles. The maximum Gasteiger partial charge on any atom is 0.276 e. The Balaban J connectivity index is 1.55. The number of hydrogen-bond donors (Lipinski definition) is 3. The van der Waals surface area contributed by atoms with E-state index >= 15 is 0 Å². The number of ether oxygens (including phenoxy) is 1. The first-order valence-corrected chi connectivity index (χ1v) is 8.97. The number of fused-ring (bicyclic) bond motifs is 1. The van der Waals surface area contributed by atoms with E-state index in [4.69, 9.17) is 4.74 Å². The molecule has 0 aliphatic rings. The summed E-state index contributed by atoms with van der Waals surface area (Å²) in [4.78, 5) is 27.4. The highest BCUT2D eigenvalue weighted by Crippen LogP contribution is 2.28. The lowest BCUT2D eigenvalue weighted by molar-refractivity contribution is -0.123. The van der Waals surface area contributed by atoms with E-state index in [2.05, 4.69) is 29.7 Å². The SMILES string of the molecule is CCC(C)c1ccccc1OCC(=O)NNC(=O)c1c[nH]c2ccccc12. The molecule has 2 amide bonds. The molecule has 27 heavy (non-hydrogen) atoms. The molecule has 0 saturated carbocycles. The van der Waals surface area contributed by atoms with E-state index in [0.717, 1.165) is 22.9 Å². The Morgan fingerprint density at radius 2 is 1.81 bits per heavy atom. The van der Waals surface area contributed by atoms with E-state index in [1.165, 1.54) is 0 Å². The molecule has 3 aromatic rings. The number of hydrogen-bond acceptors (Lipinski definition) is 3. The minimum atomic E-state index is -0.429. The van der Waals surface area contributed by atoms with Gasteiger partial charge in [-0.15, -0.1) is 0 Å². The number of benzene rings is 2. The van der Waals surface area contributed by atoms with Crippen molar-refractivity contribution in [1.82, 2.24) is 15.8 Å². The van der Waals surface area contributed by atoms with Crippen LogP contribution in [-0.2, 0) is 4.79 Å². The zero-order chi connectivity index (χ0) is 19.2. The Morgan fingerprint density at radius 3 is 2.63 bits per heavy atom. The van der Waals surface area contributed by atoms with Gasteiger partial charge in [0, 0.05) is 17.1 Å². The Labute approximate surface area is 157 Å². The second-order valence-electron chi connectivity index (χ2n) is 6.39. The number of aromatic nitrogens is 1. The van der Waals surface area contributed by atoms with Crippen LogP contribution in [0, 0.1) is 0 Å². The van der Waals surface area contributed by atoms with Gasteiger partial charge in [-0.2, -0.15) is 0 Å². The summed E-state index contributed by atoms with van der Waals surface area (Å²) in [6.45, 7) is 4.04. The first-order valence-electron chi connectivity index (χ1n) is 8.97. The van der Waals surface area contributed by atoms with Crippen molar-refractivity contribution in [1.29, 1.82) is 0 Å². The average molecular weight is 365 g/mol. The van der Waals surface area contributed by atoms with Crippen LogP contribution in [0.4, 0.5) is 0 Å². The van der Waals surface area contributed by atoms with Crippen molar-refractivity contribution in [2.75, 3.05) is 6.61 Å². The van der Waals surface area contributed by atoms with E-state index in [0.29, 0.717) is 17.2 Å². The predicted octanol–water partition coefficient (Wildman–Crippen LogP) is 3.52. The summed E-state index contributed by atoms with van der Waals surface area (Å²) in [7, 11) is 0. The maximum atomic E-state index is 12.3. The van der Waals surface area contributed by atoms with Gasteiger partial charge in [-0.25, -0.2) is 0 Å². The topological polar surface area (TPSA) is 83.2 Å². The van der Waals surface area contributed by atoms with Gasteiger partial charge in [-0.3, -0.25) is 20.4 Å². The number of nitrogens with one attached hydrogen (secondary N) is 3. The van der Waals surface area contributed by atoms with Gasteiger partial charge in [0.25, 0.3) is 11.8 Å². The number of carbonyl (C=O) groups excluding carboxylic acids is 2. The number of amides is 2. The van der Waals surface area contributed by atoms with E-state index < -0.39 is 5.91 Å². The van der Waals surface area contributed by atoms with Gasteiger partial charge in [0.15, 0.2) is 6.61 Å². The molecule has 6 nitrogen and oxygen atoms in total. The number of para-hydroxylation sites is 2. The summed E-state index contributed by atoms with van der Waals surface area (Å²) in [5, 5.41) is 0.794. The summed E-state index contributed by atoms with van der Waals surface area (Å²) in [5.41, 5.74) is 7.21. The summed E-state index contributed by atoms with van der Waals surface area (Å²) >= 11 is 0. The standard InChI is InChI=1S/C21H23N3O3/c1-3-14(2)15-8-5-7-11-19(15)27-13-20(25)23-24-21(26)17-12-22-18-10-6-4-9-16(17)18/h4-12,14,22H,3,13H2,1-2H3,(H,23,25)(H,24,26). The van der Waals surface area contributed by atoms with Gasteiger partial charge >= 0.3 is 0 Å². The van der Waals surface area contributed by atoms with Crippen LogP contribution in [0.15, 0.2) is 54.7 Å². The van der Waals surface area contributed by atoms with Crippen molar-refractivity contribution < 1.29 is 14.3 Å². The Bertz CT molecular complexity index is 949. The largest absolute Gasteiger partial charge is 0.483 e. The summed E-state index contributed by atoms with van der Waals surface area (Å²) in [6.07, 6.45) is 2.60. The molecule has 0 fully saturated rings. The quantitative estimate of drug-likeness (QED) is 0.585. The van der Waals surface area contributed by atoms with E-state index in [9.17, 15) is 9.59 Å². The van der Waals surface area contributed by atoms with Crippen molar-refractivity contribution in [2.45, 2.75) is 26.2 Å². The zero-order valence-corrected chi connectivity index (χ0v) is 15.4. The number of rotatable bonds is 6. The van der Waals surface area contributed by atoms with E-state index in [1.54, 1.807) is 6.20 Å². The minimum Gasteiger partial charge on any atom is -0.483 e. The van der Waals surface area contributed by atoms with Crippen molar-refractivity contribution in [3.05, 3.63) is 65.9 Å². The fourth-order valence-corrected chi connectivity index (χ4v) is 2.87. The zero-order valence-electron chi connectivity index (χ0n) is 15.4. The first-order chi connectivity index (χ1) is 13.1. The molecule has 0 spiro atoms. The number of hydrazine groups is 1. The minimum absolute atomic E-state index is 0.179. The highest BCUT2D eigenvalue weighted by atomic mass is 16.5. The molecule has 6 heteroatoms. The van der Waals surface area contributed by atoms with Gasteiger partial charge in [-0.1, -0.05) is 50.2 Å². The second kappa shape index (κ2) is 8.40. The lowest BCUT2D eigenvalue weighted by Gasteiger charge is -2.15. The van der Waals surface area contributed by atoms with Crippen LogP contribution >= 0.6 is 0 Å². The van der Waals surface area contributed by atoms with Gasteiger partial charge in [0.1, 0.15) is 5.75 Å². The fraction of sp³-hybridized carbons (Fsp3) is 0.238. The Morgan fingerprint density at radius 1 is 1.07 bits per heavy atom. The van der Waals surface area contributed by atoms with Crippen LogP contribution in [0.3, 0.4) is 0 Å². The van der Waals surface area contributed by atoms with Crippen LogP contribution in [0.2, 0.25) is 0 Å². The molecule has 140 valence electrons. The molecule has 0 radical (unpaired) electrons. The molecule has 1 atom stereocenters. The molecule has 0 aliphatic heterocycles. The third-order valence-corrected chi connectivity index (χ3v) is 4.57. The molecular formula is C21H23N3O3. The normalized spacial score (nSPS) is 11.8. The summed E-state index contributed by atoms with van der Waals surface area (Å²) in [6, 6.07) is 15.1. The van der Waals surface area contributed by atoms with Crippen LogP contribution in [-0.4, -0.2) is 23.4 Å². The van der Waals surface area contributed by atoms with Crippen LogP contribution in [0.1, 0.15) is 42.1 Å². The van der Waals surface area contributed by atoms with Crippen LogP contribution in [0.25, 0.3) is 10.9 Å². The fourth-order valence-electron chi connectivity index (χ4n) is 2.87. The Hall–Kier alpha value is -3.28. The molecule has 0 bridgehead atoms. The third kappa shape index (κ3) is 4.28. The van der Waals surface area contributed by atoms with Crippen molar-refractivity contribution in [2.24, 2.45) is 0 Å². The molecule has 3 N–H and O–H groups in total. The molecule has 1 heterocycles. The number of aromatic amines is 1. The van der Waals surface area contributed by atoms with Gasteiger partial charge < -0.3 is 9.72 Å². The maximum absolute atomic E-state index is 12.3. The van der Waals surface area contributed by atoms with Crippen LogP contribution in [0.5, 0.6) is 5.75 Å². The van der Waals surface area contributed by atoms with Crippen LogP contribution < -0.4 is 15.6 Å². The first kappa shape index (κ1) is 18.5. The Kier molecular flexibility index (Phi) is 5.76. The van der Waals surface area contributed by atoms with Crippen molar-refractivity contribution in [3.8, 4) is 5.75 Å². The van der Waals surface area contributed by atoms with Crippen molar-refractivity contribution in [3.63, 3.8) is 0 Å². The highest BCUT2D eigenvalue weighted by Gasteiger charge is 2.14. The number of H-pyrrole nitrogens is 1. The average Bonchev–Trinajstić information content (AvgIpc) is 3.14. The van der Waals surface area contributed by atoms with Crippen molar-refractivity contribution >= 4 is 22.7 Å². The van der Waals surface area contributed by atoms with E-state index in [1.807, 2.05) is 48.5 Å². The molecule has 1 unspecified atom stereocenters. The van der Waals surface area contributed by atoms with Gasteiger partial charge in [-0.05, 0) is 30.0 Å². The number of carbonyl (C=O) groups is 2. The molecular weight excluding hydrogens is 342 g/mol. The van der Waals surface area contributed by atoms with E-state index in [-0.39, 0.29) is 12.5 Å². The molecule has 0 aliphatic carbocycles. The lowest BCUT2D eigenvalue weighted by Crippen LogP contribution is -2.43. The summed E-state index contributed by atoms with van der Waals surface area (Å²) in [5.74, 6) is 0.207. The predicted molar refractivity (Wildman–Crippen MR) is 105 cm³/mol. The lowest BCUT2D eigenvalue weighted by atomic mass is 9.98. The monoisotopic (exact) mass is 365 g/mol. The smallest absolute Gasteiger partial charge is 0.276 e. The van der Waals surface area contributed by atoms with Gasteiger partial charge in [0.2, 0.25) is 0 Å². The summed E-state index contributed by atoms with van der Waals surface area (Å²) < 4.78 is 5.65. The molecule has 2 aromatic carbocycles. The molecule has 1 aromatic heterocycles. The molecule has 3 rings (SSSR count). The third-order valence-electron chi connectivity index (χ3n) is 4.57.